The maximum absolute atomic E-state index is 12.5. The number of rotatable bonds is 4. The van der Waals surface area contributed by atoms with Gasteiger partial charge in [0.15, 0.2) is 0 Å². The van der Waals surface area contributed by atoms with E-state index < -0.39 is 0 Å². The predicted octanol–water partition coefficient (Wildman–Crippen LogP) is 2.67. The Morgan fingerprint density at radius 3 is 2.63 bits per heavy atom. The SMILES string of the molecule is CC(C)c1ccccc1N1CCC(NC2CC2)C1=O. The van der Waals surface area contributed by atoms with E-state index in [1.54, 1.807) is 0 Å². The molecule has 1 heterocycles. The van der Waals surface area contributed by atoms with Crippen molar-refractivity contribution < 1.29 is 4.79 Å². The lowest BCUT2D eigenvalue weighted by Gasteiger charge is -2.22. The molecule has 1 N–H and O–H groups in total. The lowest BCUT2D eigenvalue weighted by molar-refractivity contribution is -0.118. The van der Waals surface area contributed by atoms with Crippen LogP contribution < -0.4 is 10.2 Å². The number of anilines is 1. The summed E-state index contributed by atoms with van der Waals surface area (Å²) in [6.45, 7) is 5.20. The monoisotopic (exact) mass is 258 g/mol. The first-order valence-electron chi connectivity index (χ1n) is 7.33. The summed E-state index contributed by atoms with van der Waals surface area (Å²) in [5.41, 5.74) is 2.37. The molecule has 102 valence electrons. The van der Waals surface area contributed by atoms with Crippen LogP contribution in [0.2, 0.25) is 0 Å². The van der Waals surface area contributed by atoms with Crippen LogP contribution in [-0.2, 0) is 4.79 Å². The number of carbonyl (C=O) groups is 1. The van der Waals surface area contributed by atoms with Crippen molar-refractivity contribution in [1.82, 2.24) is 5.32 Å². The van der Waals surface area contributed by atoms with E-state index >= 15 is 0 Å². The molecular formula is C16H22N2O. The van der Waals surface area contributed by atoms with Crippen molar-refractivity contribution in [2.24, 2.45) is 0 Å². The third-order valence-corrected chi connectivity index (χ3v) is 4.07. The van der Waals surface area contributed by atoms with Gasteiger partial charge < -0.3 is 10.2 Å². The van der Waals surface area contributed by atoms with Gasteiger partial charge in [-0.1, -0.05) is 32.0 Å². The number of nitrogens with zero attached hydrogens (tertiary/aromatic N) is 1. The Morgan fingerprint density at radius 1 is 1.21 bits per heavy atom. The largest absolute Gasteiger partial charge is 0.311 e. The molecule has 1 unspecified atom stereocenters. The fourth-order valence-electron chi connectivity index (χ4n) is 2.83. The summed E-state index contributed by atoms with van der Waals surface area (Å²) in [6.07, 6.45) is 3.39. The fraction of sp³-hybridized carbons (Fsp3) is 0.562. The third kappa shape index (κ3) is 2.52. The number of nitrogens with one attached hydrogen (secondary N) is 1. The van der Waals surface area contributed by atoms with Gasteiger partial charge in [-0.05, 0) is 36.8 Å². The van der Waals surface area contributed by atoms with Gasteiger partial charge in [0.1, 0.15) is 0 Å². The van der Waals surface area contributed by atoms with Crippen molar-refractivity contribution >= 4 is 11.6 Å². The van der Waals surface area contributed by atoms with Crippen molar-refractivity contribution in [2.75, 3.05) is 11.4 Å². The van der Waals surface area contributed by atoms with Gasteiger partial charge in [-0.25, -0.2) is 0 Å². The van der Waals surface area contributed by atoms with Crippen LogP contribution in [0.5, 0.6) is 0 Å². The molecule has 0 spiro atoms. The molecule has 1 aromatic rings. The summed E-state index contributed by atoms with van der Waals surface area (Å²) in [4.78, 5) is 14.5. The molecule has 1 atom stereocenters. The quantitative estimate of drug-likeness (QED) is 0.900. The zero-order chi connectivity index (χ0) is 13.4. The fourth-order valence-corrected chi connectivity index (χ4v) is 2.83. The standard InChI is InChI=1S/C16H22N2O/c1-11(2)13-5-3-4-6-15(13)18-10-9-14(16(18)19)17-12-7-8-12/h3-6,11-12,14,17H,7-10H2,1-2H3. The number of amides is 1. The summed E-state index contributed by atoms with van der Waals surface area (Å²) in [6, 6.07) is 8.92. The molecule has 1 aliphatic heterocycles. The first kappa shape index (κ1) is 12.7. The minimum atomic E-state index is 0.0349. The summed E-state index contributed by atoms with van der Waals surface area (Å²) in [5.74, 6) is 0.694. The van der Waals surface area contributed by atoms with Crippen LogP contribution in [-0.4, -0.2) is 24.5 Å². The molecule has 0 aromatic heterocycles. The highest BCUT2D eigenvalue weighted by molar-refractivity contribution is 6.00. The molecule has 0 radical (unpaired) electrons. The van der Waals surface area contributed by atoms with Crippen LogP contribution in [0.3, 0.4) is 0 Å². The second kappa shape index (κ2) is 4.97. The van der Waals surface area contributed by atoms with Crippen molar-refractivity contribution in [1.29, 1.82) is 0 Å². The van der Waals surface area contributed by atoms with E-state index in [4.69, 9.17) is 0 Å². The van der Waals surface area contributed by atoms with Gasteiger partial charge in [-0.3, -0.25) is 4.79 Å². The zero-order valence-electron chi connectivity index (χ0n) is 11.7. The molecule has 2 fully saturated rings. The molecule has 2 aliphatic rings. The van der Waals surface area contributed by atoms with Crippen molar-refractivity contribution in [2.45, 2.75) is 51.1 Å². The maximum atomic E-state index is 12.5. The van der Waals surface area contributed by atoms with E-state index in [0.717, 1.165) is 18.7 Å². The average molecular weight is 258 g/mol. The van der Waals surface area contributed by atoms with Gasteiger partial charge >= 0.3 is 0 Å². The Labute approximate surface area is 115 Å². The van der Waals surface area contributed by atoms with Gasteiger partial charge in [0.2, 0.25) is 5.91 Å². The van der Waals surface area contributed by atoms with Crippen molar-refractivity contribution in [3.63, 3.8) is 0 Å². The van der Waals surface area contributed by atoms with E-state index in [1.165, 1.54) is 18.4 Å². The molecule has 3 nitrogen and oxygen atoms in total. The topological polar surface area (TPSA) is 32.3 Å². The Morgan fingerprint density at radius 2 is 1.95 bits per heavy atom. The predicted molar refractivity (Wildman–Crippen MR) is 77.4 cm³/mol. The van der Waals surface area contributed by atoms with E-state index in [0.29, 0.717) is 12.0 Å². The Kier molecular flexibility index (Phi) is 3.31. The highest BCUT2D eigenvalue weighted by Gasteiger charge is 2.36. The van der Waals surface area contributed by atoms with Crippen molar-refractivity contribution in [3.05, 3.63) is 29.8 Å². The Hall–Kier alpha value is -1.35. The maximum Gasteiger partial charge on any atom is 0.244 e. The molecule has 1 saturated carbocycles. The summed E-state index contributed by atoms with van der Waals surface area (Å²) in [5, 5.41) is 3.46. The Bertz CT molecular complexity index is 479. The lowest BCUT2D eigenvalue weighted by Crippen LogP contribution is -2.39. The number of benzene rings is 1. The number of hydrogen-bond donors (Lipinski definition) is 1. The first-order chi connectivity index (χ1) is 9.16. The molecule has 3 heteroatoms. The Balaban J connectivity index is 1.80. The molecule has 1 aromatic carbocycles. The van der Waals surface area contributed by atoms with Gasteiger partial charge in [-0.15, -0.1) is 0 Å². The highest BCUT2D eigenvalue weighted by Crippen LogP contribution is 2.31. The van der Waals surface area contributed by atoms with E-state index in [2.05, 4.69) is 37.4 Å². The first-order valence-corrected chi connectivity index (χ1v) is 7.33. The second-order valence-electron chi connectivity index (χ2n) is 5.99. The smallest absolute Gasteiger partial charge is 0.244 e. The lowest BCUT2D eigenvalue weighted by atomic mass is 10.0. The molecule has 1 aliphatic carbocycles. The number of carbonyl (C=O) groups excluding carboxylic acids is 1. The number of para-hydroxylation sites is 1. The summed E-state index contributed by atoms with van der Waals surface area (Å²) in [7, 11) is 0. The van der Waals surface area contributed by atoms with Crippen LogP contribution >= 0.6 is 0 Å². The summed E-state index contributed by atoms with van der Waals surface area (Å²) < 4.78 is 0. The normalized spacial score (nSPS) is 23.4. The second-order valence-corrected chi connectivity index (χ2v) is 5.99. The average Bonchev–Trinajstić information content (AvgIpc) is 3.14. The third-order valence-electron chi connectivity index (χ3n) is 4.07. The molecule has 1 saturated heterocycles. The van der Waals surface area contributed by atoms with Crippen LogP contribution in [0.15, 0.2) is 24.3 Å². The van der Waals surface area contributed by atoms with Crippen LogP contribution in [0, 0.1) is 0 Å². The molecule has 1 amide bonds. The van der Waals surface area contributed by atoms with Crippen LogP contribution in [0.4, 0.5) is 5.69 Å². The van der Waals surface area contributed by atoms with E-state index in [-0.39, 0.29) is 11.9 Å². The molecule has 0 bridgehead atoms. The van der Waals surface area contributed by atoms with Gasteiger partial charge in [0.05, 0.1) is 6.04 Å². The van der Waals surface area contributed by atoms with Gasteiger partial charge in [0.25, 0.3) is 0 Å². The zero-order valence-corrected chi connectivity index (χ0v) is 11.7. The minimum absolute atomic E-state index is 0.0349. The van der Waals surface area contributed by atoms with Crippen molar-refractivity contribution in [3.8, 4) is 0 Å². The van der Waals surface area contributed by atoms with Crippen LogP contribution in [0.1, 0.15) is 44.6 Å². The molecule has 19 heavy (non-hydrogen) atoms. The van der Waals surface area contributed by atoms with Gasteiger partial charge in [0, 0.05) is 18.3 Å². The minimum Gasteiger partial charge on any atom is -0.311 e. The number of hydrogen-bond acceptors (Lipinski definition) is 2. The van der Waals surface area contributed by atoms with E-state index in [9.17, 15) is 4.79 Å². The molecule has 3 rings (SSSR count). The van der Waals surface area contributed by atoms with Crippen LogP contribution in [0.25, 0.3) is 0 Å². The van der Waals surface area contributed by atoms with E-state index in [1.807, 2.05) is 11.0 Å². The van der Waals surface area contributed by atoms with Gasteiger partial charge in [-0.2, -0.15) is 0 Å². The highest BCUT2D eigenvalue weighted by atomic mass is 16.2. The molecular weight excluding hydrogens is 236 g/mol. The summed E-state index contributed by atoms with van der Waals surface area (Å²) >= 11 is 0.